The van der Waals surface area contributed by atoms with E-state index in [1.165, 1.54) is 26.4 Å². The van der Waals surface area contributed by atoms with Crippen molar-refractivity contribution >= 4 is 21.9 Å². The highest BCUT2D eigenvalue weighted by Crippen LogP contribution is 2.33. The number of carbonyl (C=O) groups is 1. The average molecular weight is 413 g/mol. The van der Waals surface area contributed by atoms with Crippen molar-refractivity contribution in [2.24, 2.45) is 0 Å². The number of carbonyl (C=O) groups excluding carboxylic acids is 1. The van der Waals surface area contributed by atoms with E-state index >= 15 is 0 Å². The standard InChI is InChI=1S/C18H18BrFO5/c1-22-15-5-4-11(6-14(15)20)7-18(21)25-10-12-8-17(24-3)13(19)9-16(12)23-2/h4-6,8-9H,7,10H2,1-3H3. The minimum Gasteiger partial charge on any atom is -0.496 e. The maximum absolute atomic E-state index is 13.7. The summed E-state index contributed by atoms with van der Waals surface area (Å²) >= 11 is 3.37. The molecule has 0 aliphatic heterocycles. The number of benzene rings is 2. The molecule has 134 valence electrons. The first-order valence-electron chi connectivity index (χ1n) is 7.37. The van der Waals surface area contributed by atoms with Crippen LogP contribution in [0, 0.1) is 5.82 Å². The van der Waals surface area contributed by atoms with Crippen molar-refractivity contribution < 1.29 is 28.1 Å². The quantitative estimate of drug-likeness (QED) is 0.645. The van der Waals surface area contributed by atoms with Gasteiger partial charge < -0.3 is 18.9 Å². The third-order valence-corrected chi connectivity index (χ3v) is 4.13. The van der Waals surface area contributed by atoms with E-state index in [1.807, 2.05) is 0 Å². The van der Waals surface area contributed by atoms with Gasteiger partial charge in [-0.2, -0.15) is 0 Å². The molecule has 0 aromatic heterocycles. The zero-order valence-corrected chi connectivity index (χ0v) is 15.7. The number of hydrogen-bond acceptors (Lipinski definition) is 5. The highest BCUT2D eigenvalue weighted by Gasteiger charge is 2.13. The summed E-state index contributed by atoms with van der Waals surface area (Å²) in [6.45, 7) is 0.0181. The first-order chi connectivity index (χ1) is 12.0. The Labute approximate surface area is 153 Å². The molecule has 2 aromatic carbocycles. The molecule has 0 unspecified atom stereocenters. The number of rotatable bonds is 7. The van der Waals surface area contributed by atoms with E-state index in [0.29, 0.717) is 22.6 Å². The van der Waals surface area contributed by atoms with Gasteiger partial charge in [0.15, 0.2) is 11.6 Å². The second-order valence-corrected chi connectivity index (χ2v) is 5.96. The Kier molecular flexibility index (Phi) is 6.64. The Bertz CT molecular complexity index is 763. The fourth-order valence-corrected chi connectivity index (χ4v) is 2.72. The van der Waals surface area contributed by atoms with E-state index in [9.17, 15) is 9.18 Å². The Morgan fingerprint density at radius 3 is 2.28 bits per heavy atom. The van der Waals surface area contributed by atoms with Crippen LogP contribution >= 0.6 is 15.9 Å². The fourth-order valence-electron chi connectivity index (χ4n) is 2.23. The minimum atomic E-state index is -0.521. The van der Waals surface area contributed by atoms with Gasteiger partial charge in [-0.3, -0.25) is 4.79 Å². The Morgan fingerprint density at radius 2 is 1.68 bits per heavy atom. The molecular formula is C18H18BrFO5. The molecule has 0 saturated carbocycles. The first-order valence-corrected chi connectivity index (χ1v) is 8.16. The number of ether oxygens (including phenoxy) is 4. The van der Waals surface area contributed by atoms with E-state index in [2.05, 4.69) is 15.9 Å². The summed E-state index contributed by atoms with van der Waals surface area (Å²) in [6.07, 6.45) is -0.0447. The lowest BCUT2D eigenvalue weighted by Gasteiger charge is -2.13. The third-order valence-electron chi connectivity index (χ3n) is 3.51. The third kappa shape index (κ3) is 4.85. The molecule has 2 rings (SSSR count). The van der Waals surface area contributed by atoms with E-state index in [1.54, 1.807) is 25.3 Å². The molecule has 0 spiro atoms. The van der Waals surface area contributed by atoms with Gasteiger partial charge in [0.1, 0.15) is 18.1 Å². The molecule has 0 aliphatic rings. The van der Waals surface area contributed by atoms with E-state index in [-0.39, 0.29) is 18.8 Å². The molecule has 7 heteroatoms. The van der Waals surface area contributed by atoms with E-state index in [0.717, 1.165) is 4.47 Å². The van der Waals surface area contributed by atoms with Crippen molar-refractivity contribution in [1.82, 2.24) is 0 Å². The van der Waals surface area contributed by atoms with Gasteiger partial charge in [0.25, 0.3) is 0 Å². The first kappa shape index (κ1) is 19.1. The van der Waals surface area contributed by atoms with Gasteiger partial charge in [0.05, 0.1) is 32.2 Å². The summed E-state index contributed by atoms with van der Waals surface area (Å²) in [5.41, 5.74) is 1.17. The molecular weight excluding hydrogens is 395 g/mol. The fraction of sp³-hybridized carbons (Fsp3) is 0.278. The molecule has 0 fully saturated rings. The highest BCUT2D eigenvalue weighted by molar-refractivity contribution is 9.10. The number of methoxy groups -OCH3 is 3. The molecule has 0 bridgehead atoms. The number of halogens is 2. The molecule has 2 aromatic rings. The Morgan fingerprint density at radius 1 is 1.00 bits per heavy atom. The van der Waals surface area contributed by atoms with Gasteiger partial charge in [-0.15, -0.1) is 0 Å². The lowest BCUT2D eigenvalue weighted by atomic mass is 10.1. The number of esters is 1. The van der Waals surface area contributed by atoms with E-state index < -0.39 is 11.8 Å². The second kappa shape index (κ2) is 8.71. The van der Waals surface area contributed by atoms with Crippen molar-refractivity contribution in [3.05, 3.63) is 51.7 Å². The average Bonchev–Trinajstić information content (AvgIpc) is 2.60. The van der Waals surface area contributed by atoms with Gasteiger partial charge in [0.2, 0.25) is 0 Å². The Balaban J connectivity index is 2.03. The van der Waals surface area contributed by atoms with Crippen LogP contribution in [0.25, 0.3) is 0 Å². The maximum atomic E-state index is 13.7. The van der Waals surface area contributed by atoms with Crippen molar-refractivity contribution in [2.75, 3.05) is 21.3 Å². The molecule has 0 atom stereocenters. The zero-order chi connectivity index (χ0) is 18.4. The second-order valence-electron chi connectivity index (χ2n) is 5.10. The maximum Gasteiger partial charge on any atom is 0.310 e. The van der Waals surface area contributed by atoms with Gasteiger partial charge in [-0.25, -0.2) is 4.39 Å². The van der Waals surface area contributed by atoms with Crippen molar-refractivity contribution in [3.8, 4) is 17.2 Å². The van der Waals surface area contributed by atoms with Crippen LogP contribution in [0.4, 0.5) is 4.39 Å². The highest BCUT2D eigenvalue weighted by atomic mass is 79.9. The van der Waals surface area contributed by atoms with Crippen molar-refractivity contribution in [3.63, 3.8) is 0 Å². The predicted octanol–water partition coefficient (Wildman–Crippen LogP) is 3.90. The van der Waals surface area contributed by atoms with Crippen molar-refractivity contribution in [1.29, 1.82) is 0 Å². The largest absolute Gasteiger partial charge is 0.496 e. The normalized spacial score (nSPS) is 10.3. The molecule has 0 aliphatic carbocycles. The zero-order valence-electron chi connectivity index (χ0n) is 14.1. The summed E-state index contributed by atoms with van der Waals surface area (Å²) in [6, 6.07) is 7.81. The summed E-state index contributed by atoms with van der Waals surface area (Å²) in [5.74, 6) is 0.296. The minimum absolute atomic E-state index is 0.0181. The summed E-state index contributed by atoms with van der Waals surface area (Å²) < 4.78 is 35.0. The van der Waals surface area contributed by atoms with Crippen LogP contribution in [0.3, 0.4) is 0 Å². The topological polar surface area (TPSA) is 54.0 Å². The van der Waals surface area contributed by atoms with Crippen LogP contribution < -0.4 is 14.2 Å². The summed E-state index contributed by atoms with van der Waals surface area (Å²) in [7, 11) is 4.45. The molecule has 0 amide bonds. The lowest BCUT2D eigenvalue weighted by molar-refractivity contribution is -0.144. The van der Waals surface area contributed by atoms with Crippen LogP contribution in [-0.4, -0.2) is 27.3 Å². The van der Waals surface area contributed by atoms with Gasteiger partial charge in [-0.1, -0.05) is 6.07 Å². The van der Waals surface area contributed by atoms with Crippen LogP contribution in [-0.2, 0) is 22.6 Å². The van der Waals surface area contributed by atoms with Crippen LogP contribution in [0.15, 0.2) is 34.8 Å². The Hall–Kier alpha value is -2.28. The summed E-state index contributed by atoms with van der Waals surface area (Å²) in [4.78, 5) is 12.0. The number of hydrogen-bond donors (Lipinski definition) is 0. The van der Waals surface area contributed by atoms with Crippen LogP contribution in [0.5, 0.6) is 17.2 Å². The molecule has 0 radical (unpaired) electrons. The van der Waals surface area contributed by atoms with Crippen LogP contribution in [0.2, 0.25) is 0 Å². The van der Waals surface area contributed by atoms with E-state index in [4.69, 9.17) is 18.9 Å². The molecule has 5 nitrogen and oxygen atoms in total. The smallest absolute Gasteiger partial charge is 0.310 e. The molecule has 0 heterocycles. The molecule has 25 heavy (non-hydrogen) atoms. The van der Waals surface area contributed by atoms with Gasteiger partial charge in [0, 0.05) is 5.56 Å². The van der Waals surface area contributed by atoms with Gasteiger partial charge in [-0.05, 0) is 45.8 Å². The van der Waals surface area contributed by atoms with Crippen LogP contribution in [0.1, 0.15) is 11.1 Å². The predicted molar refractivity (Wildman–Crippen MR) is 93.7 cm³/mol. The monoisotopic (exact) mass is 412 g/mol. The lowest BCUT2D eigenvalue weighted by Crippen LogP contribution is -2.09. The summed E-state index contributed by atoms with van der Waals surface area (Å²) in [5, 5.41) is 0. The molecule has 0 saturated heterocycles. The molecule has 0 N–H and O–H groups in total. The van der Waals surface area contributed by atoms with Crippen molar-refractivity contribution in [2.45, 2.75) is 13.0 Å². The van der Waals surface area contributed by atoms with Gasteiger partial charge >= 0.3 is 5.97 Å². The SMILES string of the molecule is COc1ccc(CC(=O)OCc2cc(OC)c(Br)cc2OC)cc1F.